The number of carbonyl (C=O) groups is 1. The van der Waals surface area contributed by atoms with E-state index in [9.17, 15) is 22.4 Å². The topological polar surface area (TPSA) is 50.6 Å². The number of piperidine rings is 2. The summed E-state index contributed by atoms with van der Waals surface area (Å²) in [5.74, 6) is -0.707. The predicted molar refractivity (Wildman–Crippen MR) is 157 cm³/mol. The third-order valence-corrected chi connectivity index (χ3v) is 8.19. The Bertz CT molecular complexity index is 1400. The van der Waals surface area contributed by atoms with Gasteiger partial charge in [-0.05, 0) is 83.2 Å². The van der Waals surface area contributed by atoms with Crippen LogP contribution in [0, 0.1) is 5.82 Å². The normalized spacial score (nSPS) is 20.3. The number of hydrogen-bond acceptors (Lipinski definition) is 4. The molecule has 2 aliphatic rings. The molecule has 232 valence electrons. The second-order valence-corrected chi connectivity index (χ2v) is 12.6. The maximum absolute atomic E-state index is 14.2. The Hall–Kier alpha value is -3.40. The molecule has 3 aromatic rings. The molecule has 2 fully saturated rings. The zero-order chi connectivity index (χ0) is 30.8. The van der Waals surface area contributed by atoms with Crippen LogP contribution in [0.2, 0.25) is 0 Å². The number of carbonyl (C=O) groups excluding carboxylic acids is 1. The van der Waals surface area contributed by atoms with Crippen molar-refractivity contribution in [2.45, 2.75) is 96.2 Å². The van der Waals surface area contributed by atoms with Crippen LogP contribution in [0.5, 0.6) is 0 Å². The molecule has 1 aromatic heterocycles. The van der Waals surface area contributed by atoms with Gasteiger partial charge in [0, 0.05) is 37.4 Å². The van der Waals surface area contributed by atoms with E-state index in [-0.39, 0.29) is 11.6 Å². The molecule has 3 heterocycles. The summed E-state index contributed by atoms with van der Waals surface area (Å²) >= 11 is 0. The fourth-order valence-electron chi connectivity index (χ4n) is 6.14. The Morgan fingerprint density at radius 1 is 0.977 bits per heavy atom. The molecule has 0 bridgehead atoms. The lowest BCUT2D eigenvalue weighted by molar-refractivity contribution is -0.139. The van der Waals surface area contributed by atoms with Crippen LogP contribution < -0.4 is 0 Å². The Balaban J connectivity index is 1.53. The van der Waals surface area contributed by atoms with Crippen LogP contribution in [0.1, 0.15) is 82.3 Å². The van der Waals surface area contributed by atoms with Gasteiger partial charge >= 0.3 is 12.3 Å². The van der Waals surface area contributed by atoms with E-state index in [4.69, 9.17) is 9.72 Å². The van der Waals surface area contributed by atoms with E-state index in [1.54, 1.807) is 11.1 Å². The number of alkyl halides is 3. The summed E-state index contributed by atoms with van der Waals surface area (Å²) in [5.41, 5.74) is -0.286. The van der Waals surface area contributed by atoms with Crippen molar-refractivity contribution in [1.82, 2.24) is 19.4 Å². The summed E-state index contributed by atoms with van der Waals surface area (Å²) in [6.45, 7) is 8.26. The van der Waals surface area contributed by atoms with E-state index in [0.29, 0.717) is 31.0 Å². The monoisotopic (exact) mass is 600 g/mol. The molecule has 0 aliphatic carbocycles. The largest absolute Gasteiger partial charge is 0.444 e. The van der Waals surface area contributed by atoms with Crippen molar-refractivity contribution in [3.63, 3.8) is 0 Å². The highest BCUT2D eigenvalue weighted by Gasteiger charge is 2.37. The van der Waals surface area contributed by atoms with Gasteiger partial charge in [0.2, 0.25) is 0 Å². The fourth-order valence-corrected chi connectivity index (χ4v) is 6.14. The van der Waals surface area contributed by atoms with Crippen molar-refractivity contribution >= 4 is 6.09 Å². The average Bonchev–Trinajstić information content (AvgIpc) is 3.37. The van der Waals surface area contributed by atoms with Gasteiger partial charge in [-0.1, -0.05) is 36.8 Å². The number of benzene rings is 2. The Morgan fingerprint density at radius 3 is 2.42 bits per heavy atom. The number of aromatic nitrogens is 2. The van der Waals surface area contributed by atoms with Crippen LogP contribution >= 0.6 is 0 Å². The molecule has 2 atom stereocenters. The summed E-state index contributed by atoms with van der Waals surface area (Å²) < 4.78 is 62.7. The molecule has 2 saturated heterocycles. The molecule has 10 heteroatoms. The van der Waals surface area contributed by atoms with Crippen molar-refractivity contribution in [2.24, 2.45) is 0 Å². The molecule has 2 aliphatic heterocycles. The molecule has 5 rings (SSSR count). The molecule has 2 unspecified atom stereocenters. The average molecular weight is 601 g/mol. The van der Waals surface area contributed by atoms with Crippen LogP contribution in [0.15, 0.2) is 54.7 Å². The number of rotatable bonds is 6. The van der Waals surface area contributed by atoms with Gasteiger partial charge in [-0.3, -0.25) is 9.80 Å². The molecule has 2 aromatic carbocycles. The maximum atomic E-state index is 14.2. The first kappa shape index (κ1) is 31.0. The molecule has 0 N–H and O–H groups in total. The number of imidazole rings is 1. The van der Waals surface area contributed by atoms with Crippen LogP contribution in [-0.4, -0.2) is 50.2 Å². The van der Waals surface area contributed by atoms with E-state index in [1.165, 1.54) is 11.6 Å². The van der Waals surface area contributed by atoms with Gasteiger partial charge in [0.25, 0.3) is 0 Å². The number of likely N-dealkylation sites (tertiary alicyclic amines) is 2. The van der Waals surface area contributed by atoms with Gasteiger partial charge in [-0.15, -0.1) is 0 Å². The number of halogens is 4. The predicted octanol–water partition coefficient (Wildman–Crippen LogP) is 8.22. The summed E-state index contributed by atoms with van der Waals surface area (Å²) in [7, 11) is 0. The van der Waals surface area contributed by atoms with Gasteiger partial charge in [-0.2, -0.15) is 13.2 Å². The summed E-state index contributed by atoms with van der Waals surface area (Å²) in [6.07, 6.45) is 2.00. The molecule has 0 saturated carbocycles. The zero-order valence-corrected chi connectivity index (χ0v) is 25.0. The highest BCUT2D eigenvalue weighted by atomic mass is 19.4. The molecule has 0 radical (unpaired) electrons. The molecule has 43 heavy (non-hydrogen) atoms. The Morgan fingerprint density at radius 2 is 1.70 bits per heavy atom. The van der Waals surface area contributed by atoms with Crippen molar-refractivity contribution < 1.29 is 27.1 Å². The lowest BCUT2D eigenvalue weighted by atomic mass is 9.99. The highest BCUT2D eigenvalue weighted by molar-refractivity contribution is 5.69. The molecular weight excluding hydrogens is 560 g/mol. The zero-order valence-electron chi connectivity index (χ0n) is 25.0. The van der Waals surface area contributed by atoms with Crippen molar-refractivity contribution in [3.8, 4) is 11.3 Å². The minimum absolute atomic E-state index is 0.173. The number of nitrogens with zero attached hydrogens (tertiary/aromatic N) is 4. The fraction of sp³-hybridized carbons (Fsp3) is 0.515. The van der Waals surface area contributed by atoms with E-state index in [0.717, 1.165) is 57.3 Å². The number of amides is 1. The third kappa shape index (κ3) is 7.58. The van der Waals surface area contributed by atoms with Crippen molar-refractivity contribution in [2.75, 3.05) is 13.1 Å². The van der Waals surface area contributed by atoms with Crippen LogP contribution in [0.3, 0.4) is 0 Å². The first-order valence-corrected chi connectivity index (χ1v) is 15.1. The number of ether oxygens (including phenoxy) is 1. The van der Waals surface area contributed by atoms with Gasteiger partial charge in [0.1, 0.15) is 17.2 Å². The molecule has 0 spiro atoms. The van der Waals surface area contributed by atoms with Crippen molar-refractivity contribution in [1.29, 1.82) is 0 Å². The first-order chi connectivity index (χ1) is 20.4. The van der Waals surface area contributed by atoms with E-state index in [1.807, 2.05) is 43.5 Å². The van der Waals surface area contributed by atoms with Crippen LogP contribution in [0.4, 0.5) is 22.4 Å². The van der Waals surface area contributed by atoms with Gasteiger partial charge in [-0.25, -0.2) is 14.2 Å². The third-order valence-electron chi connectivity index (χ3n) is 8.19. The summed E-state index contributed by atoms with van der Waals surface area (Å²) in [4.78, 5) is 22.3. The summed E-state index contributed by atoms with van der Waals surface area (Å²) in [6, 6.07) is 13.0. The van der Waals surface area contributed by atoms with Gasteiger partial charge in [0.15, 0.2) is 0 Å². The lowest BCUT2D eigenvalue weighted by Crippen LogP contribution is -2.44. The molecule has 1 amide bonds. The Kier molecular flexibility index (Phi) is 9.15. The van der Waals surface area contributed by atoms with Crippen LogP contribution in [-0.2, 0) is 24.0 Å². The quantitative estimate of drug-likeness (QED) is 0.268. The smallest absolute Gasteiger partial charge is 0.419 e. The van der Waals surface area contributed by atoms with E-state index >= 15 is 0 Å². The van der Waals surface area contributed by atoms with Gasteiger partial charge in [0.05, 0.1) is 17.3 Å². The standard InChI is InChI=1S/C33H40F4N4O2/c1-32(2,3)43-31(42)41-18-10-8-14-29(41)30-38-28(24-15-16-27(34)26(19-24)33(35,36)37)22-40(30)21-25-13-7-9-17-39(25)20-23-11-5-4-6-12-23/h4-6,11-12,15-16,19,22,25,29H,7-10,13-14,17-18,20-21H2,1-3H3. The second kappa shape index (κ2) is 12.7. The molecular formula is C33H40F4N4O2. The SMILES string of the molecule is CC(C)(C)OC(=O)N1CCCCC1c1nc(-c2ccc(F)c(C(F)(F)F)c2)cn1CC1CCCCN1Cc1ccccc1. The summed E-state index contributed by atoms with van der Waals surface area (Å²) in [5, 5.41) is 0. The van der Waals surface area contributed by atoms with E-state index in [2.05, 4.69) is 17.0 Å². The van der Waals surface area contributed by atoms with Gasteiger partial charge < -0.3 is 9.30 Å². The highest BCUT2D eigenvalue weighted by Crippen LogP contribution is 2.37. The van der Waals surface area contributed by atoms with Crippen molar-refractivity contribution in [3.05, 3.63) is 77.5 Å². The van der Waals surface area contributed by atoms with Crippen LogP contribution in [0.25, 0.3) is 11.3 Å². The first-order valence-electron chi connectivity index (χ1n) is 15.1. The minimum atomic E-state index is -4.83. The second-order valence-electron chi connectivity index (χ2n) is 12.6. The molecule has 6 nitrogen and oxygen atoms in total. The lowest BCUT2D eigenvalue weighted by Gasteiger charge is -2.38. The number of hydrogen-bond donors (Lipinski definition) is 0. The maximum Gasteiger partial charge on any atom is 0.419 e. The minimum Gasteiger partial charge on any atom is -0.444 e. The van der Waals surface area contributed by atoms with E-state index < -0.39 is 35.3 Å². The Labute approximate surface area is 250 Å².